The topological polar surface area (TPSA) is 46.3 Å². The van der Waals surface area contributed by atoms with Gasteiger partial charge in [0.25, 0.3) is 0 Å². The SMILES string of the molecule is CC(=O)N1CC(N)Cc2ccc(Cl)c(Cl)c21. The van der Waals surface area contributed by atoms with Crippen molar-refractivity contribution in [2.45, 2.75) is 19.4 Å². The number of hydrogen-bond acceptors (Lipinski definition) is 2. The molecule has 1 aromatic carbocycles. The Bertz CT molecular complexity index is 448. The van der Waals surface area contributed by atoms with Crippen LogP contribution in [0.3, 0.4) is 0 Å². The number of anilines is 1. The van der Waals surface area contributed by atoms with Gasteiger partial charge in [0.1, 0.15) is 0 Å². The van der Waals surface area contributed by atoms with Gasteiger partial charge in [-0.05, 0) is 18.1 Å². The average Bonchev–Trinajstić information content (AvgIpc) is 2.22. The number of rotatable bonds is 0. The van der Waals surface area contributed by atoms with E-state index in [1.807, 2.05) is 6.07 Å². The van der Waals surface area contributed by atoms with E-state index in [0.717, 1.165) is 12.0 Å². The molecule has 86 valence electrons. The predicted octanol–water partition coefficient (Wildman–Crippen LogP) is 2.23. The van der Waals surface area contributed by atoms with Crippen molar-refractivity contribution in [2.24, 2.45) is 5.73 Å². The minimum Gasteiger partial charge on any atom is -0.326 e. The smallest absolute Gasteiger partial charge is 0.223 e. The fourth-order valence-electron chi connectivity index (χ4n) is 2.00. The van der Waals surface area contributed by atoms with Crippen LogP contribution in [0.15, 0.2) is 12.1 Å². The first-order valence-electron chi connectivity index (χ1n) is 5.01. The van der Waals surface area contributed by atoms with Crippen molar-refractivity contribution < 1.29 is 4.79 Å². The number of fused-ring (bicyclic) bond motifs is 1. The van der Waals surface area contributed by atoms with Gasteiger partial charge in [0.15, 0.2) is 0 Å². The Labute approximate surface area is 104 Å². The van der Waals surface area contributed by atoms with Crippen molar-refractivity contribution in [1.82, 2.24) is 0 Å². The van der Waals surface area contributed by atoms with E-state index in [1.165, 1.54) is 6.92 Å². The lowest BCUT2D eigenvalue weighted by Gasteiger charge is -2.33. The quantitative estimate of drug-likeness (QED) is 0.776. The molecule has 0 spiro atoms. The Morgan fingerprint density at radius 1 is 1.50 bits per heavy atom. The lowest BCUT2D eigenvalue weighted by atomic mass is 9.98. The first-order valence-corrected chi connectivity index (χ1v) is 5.77. The summed E-state index contributed by atoms with van der Waals surface area (Å²) in [5.41, 5.74) is 7.58. The molecule has 1 heterocycles. The van der Waals surface area contributed by atoms with Crippen LogP contribution in [0, 0.1) is 0 Å². The molecule has 1 atom stereocenters. The van der Waals surface area contributed by atoms with Gasteiger partial charge in [0.2, 0.25) is 5.91 Å². The fourth-order valence-corrected chi connectivity index (χ4v) is 2.43. The zero-order valence-corrected chi connectivity index (χ0v) is 10.3. The van der Waals surface area contributed by atoms with Gasteiger partial charge in [0.05, 0.1) is 15.7 Å². The Morgan fingerprint density at radius 2 is 2.19 bits per heavy atom. The Kier molecular flexibility index (Phi) is 3.10. The summed E-state index contributed by atoms with van der Waals surface area (Å²) in [6, 6.07) is 3.56. The molecule has 0 radical (unpaired) electrons. The summed E-state index contributed by atoms with van der Waals surface area (Å²) in [5.74, 6) is -0.0689. The molecule has 0 fully saturated rings. The third-order valence-corrected chi connectivity index (χ3v) is 3.50. The molecule has 1 unspecified atom stereocenters. The summed E-state index contributed by atoms with van der Waals surface area (Å²) in [6.45, 7) is 1.99. The summed E-state index contributed by atoms with van der Waals surface area (Å²) in [4.78, 5) is 13.1. The maximum Gasteiger partial charge on any atom is 0.223 e. The molecule has 0 saturated carbocycles. The highest BCUT2D eigenvalue weighted by Crippen LogP contribution is 2.38. The van der Waals surface area contributed by atoms with Crippen molar-refractivity contribution in [3.63, 3.8) is 0 Å². The number of nitrogens with zero attached hydrogens (tertiary/aromatic N) is 1. The lowest BCUT2D eigenvalue weighted by molar-refractivity contribution is -0.116. The average molecular weight is 259 g/mol. The largest absolute Gasteiger partial charge is 0.326 e. The molecule has 0 aromatic heterocycles. The summed E-state index contributed by atoms with van der Waals surface area (Å²) in [5, 5.41) is 0.892. The molecule has 0 bridgehead atoms. The van der Waals surface area contributed by atoms with Crippen molar-refractivity contribution in [1.29, 1.82) is 0 Å². The molecule has 0 aliphatic carbocycles. The van der Waals surface area contributed by atoms with Gasteiger partial charge in [0, 0.05) is 19.5 Å². The van der Waals surface area contributed by atoms with E-state index in [0.29, 0.717) is 22.3 Å². The van der Waals surface area contributed by atoms with Crippen LogP contribution in [0.4, 0.5) is 5.69 Å². The first kappa shape index (κ1) is 11.7. The maximum atomic E-state index is 11.5. The summed E-state index contributed by atoms with van der Waals surface area (Å²) in [7, 11) is 0. The van der Waals surface area contributed by atoms with Gasteiger partial charge in [-0.25, -0.2) is 0 Å². The number of benzene rings is 1. The Balaban J connectivity index is 2.58. The van der Waals surface area contributed by atoms with E-state index < -0.39 is 0 Å². The summed E-state index contributed by atoms with van der Waals surface area (Å²) >= 11 is 12.1. The first-order chi connectivity index (χ1) is 7.50. The minimum absolute atomic E-state index is 0.0476. The summed E-state index contributed by atoms with van der Waals surface area (Å²) < 4.78 is 0. The van der Waals surface area contributed by atoms with Gasteiger partial charge in [-0.1, -0.05) is 29.3 Å². The van der Waals surface area contributed by atoms with E-state index in [4.69, 9.17) is 28.9 Å². The number of carbonyl (C=O) groups is 1. The van der Waals surface area contributed by atoms with E-state index in [1.54, 1.807) is 11.0 Å². The van der Waals surface area contributed by atoms with Gasteiger partial charge < -0.3 is 10.6 Å². The van der Waals surface area contributed by atoms with Crippen molar-refractivity contribution in [2.75, 3.05) is 11.4 Å². The third-order valence-electron chi connectivity index (χ3n) is 2.70. The van der Waals surface area contributed by atoms with E-state index in [2.05, 4.69) is 0 Å². The Morgan fingerprint density at radius 3 is 2.81 bits per heavy atom. The molecule has 1 aromatic rings. The van der Waals surface area contributed by atoms with Crippen LogP contribution < -0.4 is 10.6 Å². The predicted molar refractivity (Wildman–Crippen MR) is 66.2 cm³/mol. The van der Waals surface area contributed by atoms with Crippen molar-refractivity contribution >= 4 is 34.8 Å². The monoisotopic (exact) mass is 258 g/mol. The van der Waals surface area contributed by atoms with Gasteiger partial charge in [-0.2, -0.15) is 0 Å². The highest BCUT2D eigenvalue weighted by molar-refractivity contribution is 6.44. The molecular formula is C11H12Cl2N2O. The van der Waals surface area contributed by atoms with Crippen LogP contribution >= 0.6 is 23.2 Å². The normalized spacial score (nSPS) is 19.5. The molecule has 1 amide bonds. The standard InChI is InChI=1S/C11H12Cl2N2O/c1-6(16)15-5-8(14)4-7-2-3-9(12)10(13)11(7)15/h2-3,8H,4-5,14H2,1H3. The van der Waals surface area contributed by atoms with E-state index >= 15 is 0 Å². The van der Waals surface area contributed by atoms with Crippen LogP contribution in [0.2, 0.25) is 10.0 Å². The van der Waals surface area contributed by atoms with Gasteiger partial charge in [-0.15, -0.1) is 0 Å². The van der Waals surface area contributed by atoms with Crippen LogP contribution in [-0.2, 0) is 11.2 Å². The highest BCUT2D eigenvalue weighted by atomic mass is 35.5. The Hall–Kier alpha value is -0.770. The molecule has 16 heavy (non-hydrogen) atoms. The number of nitrogens with two attached hydrogens (primary N) is 1. The molecule has 5 heteroatoms. The summed E-state index contributed by atoms with van der Waals surface area (Å²) in [6.07, 6.45) is 0.718. The maximum absolute atomic E-state index is 11.5. The van der Waals surface area contributed by atoms with Gasteiger partial charge in [-0.3, -0.25) is 4.79 Å². The van der Waals surface area contributed by atoms with E-state index in [9.17, 15) is 4.79 Å². The number of halogens is 2. The zero-order valence-electron chi connectivity index (χ0n) is 8.84. The molecular weight excluding hydrogens is 247 g/mol. The van der Waals surface area contributed by atoms with Crippen LogP contribution in [0.1, 0.15) is 12.5 Å². The zero-order chi connectivity index (χ0) is 11.9. The number of carbonyl (C=O) groups excluding carboxylic acids is 1. The second-order valence-electron chi connectivity index (χ2n) is 3.96. The molecule has 3 nitrogen and oxygen atoms in total. The second kappa shape index (κ2) is 4.24. The molecule has 2 rings (SSSR count). The van der Waals surface area contributed by atoms with Crippen molar-refractivity contribution in [3.8, 4) is 0 Å². The van der Waals surface area contributed by atoms with Crippen LogP contribution in [0.5, 0.6) is 0 Å². The molecule has 0 saturated heterocycles. The number of amides is 1. The molecule has 1 aliphatic rings. The lowest BCUT2D eigenvalue weighted by Crippen LogP contribution is -2.45. The minimum atomic E-state index is -0.0689. The second-order valence-corrected chi connectivity index (χ2v) is 4.75. The third kappa shape index (κ3) is 1.90. The fraction of sp³-hybridized carbons (Fsp3) is 0.364. The van der Waals surface area contributed by atoms with E-state index in [-0.39, 0.29) is 11.9 Å². The number of hydrogen-bond donors (Lipinski definition) is 1. The highest BCUT2D eigenvalue weighted by Gasteiger charge is 2.27. The van der Waals surface area contributed by atoms with Crippen LogP contribution in [-0.4, -0.2) is 18.5 Å². The molecule has 2 N–H and O–H groups in total. The van der Waals surface area contributed by atoms with Crippen LogP contribution in [0.25, 0.3) is 0 Å². The van der Waals surface area contributed by atoms with Gasteiger partial charge >= 0.3 is 0 Å². The molecule has 1 aliphatic heterocycles. The van der Waals surface area contributed by atoms with Crippen molar-refractivity contribution in [3.05, 3.63) is 27.7 Å².